The van der Waals surface area contributed by atoms with Crippen molar-refractivity contribution in [2.75, 3.05) is 29.5 Å². The number of carbonyl (C=O) groups is 3. The van der Waals surface area contributed by atoms with Gasteiger partial charge in [-0.3, -0.25) is 24.2 Å². The summed E-state index contributed by atoms with van der Waals surface area (Å²) in [5, 5.41) is 0.319. The molecule has 0 unspecified atom stereocenters. The Labute approximate surface area is 168 Å². The van der Waals surface area contributed by atoms with Crippen molar-refractivity contribution in [1.29, 1.82) is 0 Å². The highest BCUT2D eigenvalue weighted by Gasteiger charge is 2.35. The molecular weight excluding hydrogens is 380 g/mol. The maximum Gasteiger partial charge on any atom is 0.326 e. The predicted octanol–water partition coefficient (Wildman–Crippen LogP) is 3.51. The van der Waals surface area contributed by atoms with E-state index in [0.717, 1.165) is 11.1 Å². The minimum Gasteiger partial charge on any atom is -0.465 e. The lowest BCUT2D eigenvalue weighted by Gasteiger charge is -2.36. The van der Waals surface area contributed by atoms with E-state index in [1.54, 1.807) is 31.2 Å². The first kappa shape index (κ1) is 19.9. The van der Waals surface area contributed by atoms with Crippen LogP contribution in [0, 0.1) is 13.8 Å². The number of amides is 2. The van der Waals surface area contributed by atoms with Crippen molar-refractivity contribution < 1.29 is 19.1 Å². The van der Waals surface area contributed by atoms with Gasteiger partial charge in [0.1, 0.15) is 13.1 Å². The summed E-state index contributed by atoms with van der Waals surface area (Å²) in [6.07, 6.45) is 0. The molecule has 1 aliphatic heterocycles. The van der Waals surface area contributed by atoms with Gasteiger partial charge in [0.2, 0.25) is 5.91 Å². The average Bonchev–Trinajstić information content (AvgIpc) is 2.65. The summed E-state index contributed by atoms with van der Waals surface area (Å²) in [4.78, 5) is 40.7. The van der Waals surface area contributed by atoms with Gasteiger partial charge in [-0.05, 0) is 56.2 Å². The molecule has 0 aliphatic carbocycles. The summed E-state index contributed by atoms with van der Waals surface area (Å²) in [7, 11) is 0. The number of anilines is 2. The second-order valence-corrected chi connectivity index (χ2v) is 6.99. The maximum absolute atomic E-state index is 13.1. The molecule has 0 radical (unpaired) electrons. The molecule has 6 nitrogen and oxygen atoms in total. The molecule has 1 aliphatic rings. The van der Waals surface area contributed by atoms with Gasteiger partial charge in [0.05, 0.1) is 28.6 Å². The van der Waals surface area contributed by atoms with Gasteiger partial charge >= 0.3 is 5.97 Å². The van der Waals surface area contributed by atoms with Gasteiger partial charge in [-0.1, -0.05) is 23.7 Å². The van der Waals surface area contributed by atoms with Crippen molar-refractivity contribution >= 4 is 40.8 Å². The van der Waals surface area contributed by atoms with Gasteiger partial charge in [0.25, 0.3) is 5.91 Å². The summed E-state index contributed by atoms with van der Waals surface area (Å²) in [6, 6.07) is 10.4. The molecule has 0 N–H and O–H groups in total. The number of esters is 1. The van der Waals surface area contributed by atoms with Crippen molar-refractivity contribution in [2.45, 2.75) is 20.8 Å². The van der Waals surface area contributed by atoms with Gasteiger partial charge in [0, 0.05) is 0 Å². The van der Waals surface area contributed by atoms with Crippen LogP contribution in [-0.4, -0.2) is 37.5 Å². The topological polar surface area (TPSA) is 66.9 Å². The van der Waals surface area contributed by atoms with Crippen molar-refractivity contribution in [3.63, 3.8) is 0 Å². The van der Waals surface area contributed by atoms with Gasteiger partial charge < -0.3 is 4.74 Å². The Morgan fingerprint density at radius 3 is 2.39 bits per heavy atom. The predicted molar refractivity (Wildman–Crippen MR) is 108 cm³/mol. The summed E-state index contributed by atoms with van der Waals surface area (Å²) >= 11 is 6.19. The minimum atomic E-state index is -0.495. The fourth-order valence-corrected chi connectivity index (χ4v) is 3.35. The molecule has 2 aromatic carbocycles. The molecule has 0 fully saturated rings. The smallest absolute Gasteiger partial charge is 0.326 e. The minimum absolute atomic E-state index is 0.182. The molecule has 146 valence electrons. The highest BCUT2D eigenvalue weighted by atomic mass is 35.5. The van der Waals surface area contributed by atoms with Crippen LogP contribution < -0.4 is 9.80 Å². The summed E-state index contributed by atoms with van der Waals surface area (Å²) in [5.74, 6) is -1.21. The molecule has 2 aromatic rings. The molecule has 0 spiro atoms. The van der Waals surface area contributed by atoms with Crippen LogP contribution in [0.1, 0.15) is 28.4 Å². The fraction of sp³-hybridized carbons (Fsp3) is 0.286. The van der Waals surface area contributed by atoms with Crippen LogP contribution >= 0.6 is 11.6 Å². The van der Waals surface area contributed by atoms with Gasteiger partial charge in [-0.2, -0.15) is 0 Å². The van der Waals surface area contributed by atoms with E-state index >= 15 is 0 Å². The van der Waals surface area contributed by atoms with Crippen LogP contribution in [0.15, 0.2) is 36.4 Å². The van der Waals surface area contributed by atoms with Crippen LogP contribution in [0.2, 0.25) is 5.02 Å². The highest BCUT2D eigenvalue weighted by Crippen LogP contribution is 2.37. The lowest BCUT2D eigenvalue weighted by molar-refractivity contribution is -0.142. The molecule has 0 aromatic heterocycles. The number of hydrogen-bond donors (Lipinski definition) is 0. The van der Waals surface area contributed by atoms with E-state index in [0.29, 0.717) is 22.0 Å². The van der Waals surface area contributed by atoms with E-state index in [1.807, 2.05) is 26.0 Å². The Morgan fingerprint density at radius 2 is 1.75 bits per heavy atom. The largest absolute Gasteiger partial charge is 0.465 e. The van der Waals surface area contributed by atoms with Crippen LogP contribution in [0.4, 0.5) is 11.4 Å². The maximum atomic E-state index is 13.1. The van der Waals surface area contributed by atoms with Crippen molar-refractivity contribution in [3.05, 3.63) is 58.1 Å². The molecule has 3 rings (SSSR count). The third-order valence-corrected chi connectivity index (χ3v) is 5.04. The first-order chi connectivity index (χ1) is 13.3. The Hall–Kier alpha value is -2.86. The molecule has 0 bridgehead atoms. The lowest BCUT2D eigenvalue weighted by Crippen LogP contribution is -2.50. The number of carbonyl (C=O) groups excluding carboxylic acids is 3. The number of rotatable bonds is 4. The third kappa shape index (κ3) is 3.73. The number of aryl methyl sites for hydroxylation is 2. The molecule has 0 saturated heterocycles. The lowest BCUT2D eigenvalue weighted by atomic mass is 10.0. The molecule has 28 heavy (non-hydrogen) atoms. The standard InChI is InChI=1S/C21H21ClN2O4/c1-4-28-20(26)12-23-17-9-13(2)14(3)10-18(17)24(11-19(23)25)21(27)15-7-5-6-8-16(15)22/h5-10H,4,11-12H2,1-3H3. The normalized spacial score (nSPS) is 13.4. The van der Waals surface area contributed by atoms with Crippen molar-refractivity contribution in [2.24, 2.45) is 0 Å². The van der Waals surface area contributed by atoms with Crippen molar-refractivity contribution in [1.82, 2.24) is 0 Å². The molecule has 1 heterocycles. The SMILES string of the molecule is CCOC(=O)CN1C(=O)CN(C(=O)c2ccccc2Cl)c2cc(C)c(C)cc21. The Bertz CT molecular complexity index is 957. The number of fused-ring (bicyclic) bond motifs is 1. The van der Waals surface area contributed by atoms with E-state index in [4.69, 9.17) is 16.3 Å². The van der Waals surface area contributed by atoms with Gasteiger partial charge in [0.15, 0.2) is 0 Å². The monoisotopic (exact) mass is 400 g/mol. The number of benzene rings is 2. The molecule has 0 saturated carbocycles. The van der Waals surface area contributed by atoms with E-state index < -0.39 is 5.97 Å². The summed E-state index contributed by atoms with van der Waals surface area (Å²) in [5.41, 5.74) is 3.32. The van der Waals surface area contributed by atoms with Crippen molar-refractivity contribution in [3.8, 4) is 0 Å². The van der Waals surface area contributed by atoms with E-state index in [2.05, 4.69) is 0 Å². The zero-order valence-electron chi connectivity index (χ0n) is 16.0. The van der Waals surface area contributed by atoms with Crippen LogP contribution in [0.25, 0.3) is 0 Å². The Morgan fingerprint density at radius 1 is 1.11 bits per heavy atom. The van der Waals surface area contributed by atoms with Gasteiger partial charge in [-0.25, -0.2) is 0 Å². The van der Waals surface area contributed by atoms with Crippen LogP contribution in [0.5, 0.6) is 0 Å². The summed E-state index contributed by atoms with van der Waals surface area (Å²) < 4.78 is 4.99. The first-order valence-corrected chi connectivity index (χ1v) is 9.35. The first-order valence-electron chi connectivity index (χ1n) is 8.97. The second-order valence-electron chi connectivity index (χ2n) is 6.58. The molecule has 7 heteroatoms. The number of halogens is 1. The van der Waals surface area contributed by atoms with Crippen LogP contribution in [0.3, 0.4) is 0 Å². The molecule has 2 amide bonds. The fourth-order valence-electron chi connectivity index (χ4n) is 3.13. The van der Waals surface area contributed by atoms with Gasteiger partial charge in [-0.15, -0.1) is 0 Å². The van der Waals surface area contributed by atoms with E-state index in [1.165, 1.54) is 9.80 Å². The number of hydrogen-bond acceptors (Lipinski definition) is 4. The quantitative estimate of drug-likeness (QED) is 0.736. The average molecular weight is 401 g/mol. The third-order valence-electron chi connectivity index (χ3n) is 4.71. The summed E-state index contributed by atoms with van der Waals surface area (Å²) in [6.45, 7) is 5.41. The van der Waals surface area contributed by atoms with E-state index in [-0.39, 0.29) is 31.5 Å². The Kier molecular flexibility index (Phi) is 5.70. The Balaban J connectivity index is 2.06. The number of ether oxygens (including phenoxy) is 1. The van der Waals surface area contributed by atoms with Crippen LogP contribution in [-0.2, 0) is 14.3 Å². The zero-order chi connectivity index (χ0) is 20.4. The molecule has 0 atom stereocenters. The molecular formula is C21H21ClN2O4. The number of nitrogens with zero attached hydrogens (tertiary/aromatic N) is 2. The van der Waals surface area contributed by atoms with E-state index in [9.17, 15) is 14.4 Å². The zero-order valence-corrected chi connectivity index (χ0v) is 16.7. The highest BCUT2D eigenvalue weighted by molar-refractivity contribution is 6.35. The second kappa shape index (κ2) is 8.02.